The van der Waals surface area contributed by atoms with E-state index in [4.69, 9.17) is 0 Å². The molecule has 0 saturated heterocycles. The summed E-state index contributed by atoms with van der Waals surface area (Å²) in [4.78, 5) is 13.5. The Labute approximate surface area is 210 Å². The third-order valence-electron chi connectivity index (χ3n) is 8.60. The molecule has 0 spiro atoms. The van der Waals surface area contributed by atoms with E-state index < -0.39 is 0 Å². The zero-order valence-electron chi connectivity index (χ0n) is 21.3. The summed E-state index contributed by atoms with van der Waals surface area (Å²) in [6.07, 6.45) is 9.93. The summed E-state index contributed by atoms with van der Waals surface area (Å²) in [5, 5.41) is 22.4. The standard InChI is InChI=1S/C31H40N2O2/c1-3-28(34)10-5-4-6-11-29(30(35)33-27-14-12-22(2)13-15-27)24-16-17-31(20-26(31)19-24)25-9-7-8-23(18-25)21-32/h7-9,12-15,18,24,26,28-29,34H,3-6,10-11,16-17,19-20H2,1-2H3,(H,33,35). The Morgan fingerprint density at radius 2 is 1.94 bits per heavy atom. The molecule has 2 fully saturated rings. The molecule has 2 N–H and O–H groups in total. The summed E-state index contributed by atoms with van der Waals surface area (Å²) in [7, 11) is 0. The number of nitriles is 1. The summed E-state index contributed by atoms with van der Waals surface area (Å²) >= 11 is 0. The van der Waals surface area contributed by atoms with Gasteiger partial charge in [0.2, 0.25) is 5.91 Å². The highest BCUT2D eigenvalue weighted by Crippen LogP contribution is 2.64. The SMILES string of the molecule is CCC(O)CCCCCC(C(=O)Nc1ccc(C)cc1)C1CCC2(c3cccc(C#N)c3)CC2C1. The minimum Gasteiger partial charge on any atom is -0.393 e. The van der Waals surface area contributed by atoms with Gasteiger partial charge < -0.3 is 10.4 Å². The first kappa shape index (κ1) is 25.5. The number of aryl methyl sites for hydroxylation is 1. The molecule has 0 radical (unpaired) electrons. The van der Waals surface area contributed by atoms with Crippen molar-refractivity contribution in [3.05, 3.63) is 65.2 Å². The lowest BCUT2D eigenvalue weighted by Gasteiger charge is -2.33. The van der Waals surface area contributed by atoms with E-state index in [1.165, 1.54) is 17.5 Å². The molecule has 4 heteroatoms. The fraction of sp³-hybridized carbons (Fsp3) is 0.548. The van der Waals surface area contributed by atoms with Gasteiger partial charge in [0.15, 0.2) is 0 Å². The van der Waals surface area contributed by atoms with Gasteiger partial charge in [-0.15, -0.1) is 0 Å². The predicted molar refractivity (Wildman–Crippen MR) is 141 cm³/mol. The molecule has 4 rings (SSSR count). The highest BCUT2D eigenvalue weighted by atomic mass is 16.3. The highest BCUT2D eigenvalue weighted by Gasteiger charge is 2.58. The minimum atomic E-state index is -0.198. The monoisotopic (exact) mass is 472 g/mol. The lowest BCUT2D eigenvalue weighted by atomic mass is 9.72. The molecule has 1 amide bonds. The molecule has 2 saturated carbocycles. The van der Waals surface area contributed by atoms with Crippen LogP contribution >= 0.6 is 0 Å². The molecular formula is C31H40N2O2. The van der Waals surface area contributed by atoms with Crippen molar-refractivity contribution in [1.29, 1.82) is 5.26 Å². The van der Waals surface area contributed by atoms with Gasteiger partial charge in [-0.1, -0.05) is 56.0 Å². The number of carbonyl (C=O) groups excluding carboxylic acids is 1. The number of amides is 1. The van der Waals surface area contributed by atoms with Crippen LogP contribution in [0.4, 0.5) is 5.69 Å². The van der Waals surface area contributed by atoms with E-state index in [0.717, 1.165) is 69.0 Å². The molecule has 0 heterocycles. The first-order chi connectivity index (χ1) is 16.9. The molecule has 0 bridgehead atoms. The van der Waals surface area contributed by atoms with Crippen molar-refractivity contribution in [2.75, 3.05) is 5.32 Å². The van der Waals surface area contributed by atoms with Gasteiger partial charge in [0.1, 0.15) is 0 Å². The number of fused-ring (bicyclic) bond motifs is 1. The number of aliphatic hydroxyl groups excluding tert-OH is 1. The number of unbranched alkanes of at least 4 members (excludes halogenated alkanes) is 2. The van der Waals surface area contributed by atoms with Gasteiger partial charge in [0, 0.05) is 11.6 Å². The third-order valence-corrected chi connectivity index (χ3v) is 8.60. The lowest BCUT2D eigenvalue weighted by Crippen LogP contribution is -2.33. The number of carbonyl (C=O) groups is 1. The van der Waals surface area contributed by atoms with Crippen LogP contribution in [-0.2, 0) is 10.2 Å². The molecule has 4 nitrogen and oxygen atoms in total. The van der Waals surface area contributed by atoms with E-state index >= 15 is 0 Å². The largest absolute Gasteiger partial charge is 0.393 e. The Balaban J connectivity index is 1.40. The quantitative estimate of drug-likeness (QED) is 0.349. The smallest absolute Gasteiger partial charge is 0.227 e. The van der Waals surface area contributed by atoms with Gasteiger partial charge in [0.05, 0.1) is 17.7 Å². The van der Waals surface area contributed by atoms with Crippen LogP contribution in [0.2, 0.25) is 0 Å². The minimum absolute atomic E-state index is 0.0245. The second kappa shape index (κ2) is 11.4. The van der Waals surface area contributed by atoms with Gasteiger partial charge >= 0.3 is 0 Å². The van der Waals surface area contributed by atoms with Gasteiger partial charge in [-0.3, -0.25) is 4.79 Å². The van der Waals surface area contributed by atoms with E-state index in [2.05, 4.69) is 30.4 Å². The van der Waals surface area contributed by atoms with Crippen LogP contribution in [0, 0.1) is 36.0 Å². The zero-order chi connectivity index (χ0) is 24.8. The second-order valence-corrected chi connectivity index (χ2v) is 10.9. The zero-order valence-corrected chi connectivity index (χ0v) is 21.3. The van der Waals surface area contributed by atoms with E-state index in [1.54, 1.807) is 0 Å². The summed E-state index contributed by atoms with van der Waals surface area (Å²) in [5.41, 5.74) is 4.34. The van der Waals surface area contributed by atoms with E-state index in [1.807, 2.05) is 43.3 Å². The maximum Gasteiger partial charge on any atom is 0.227 e. The Morgan fingerprint density at radius 3 is 2.66 bits per heavy atom. The molecule has 2 aliphatic rings. The topological polar surface area (TPSA) is 73.1 Å². The fourth-order valence-electron chi connectivity index (χ4n) is 6.26. The Morgan fingerprint density at radius 1 is 1.17 bits per heavy atom. The number of hydrogen-bond acceptors (Lipinski definition) is 3. The van der Waals surface area contributed by atoms with Crippen molar-refractivity contribution in [1.82, 2.24) is 0 Å². The maximum atomic E-state index is 13.5. The Hall–Kier alpha value is -2.64. The molecular weight excluding hydrogens is 432 g/mol. The second-order valence-electron chi connectivity index (χ2n) is 10.9. The van der Waals surface area contributed by atoms with Crippen molar-refractivity contribution in [2.45, 2.75) is 89.6 Å². The van der Waals surface area contributed by atoms with E-state index in [9.17, 15) is 15.2 Å². The number of anilines is 1. The molecule has 186 valence electrons. The number of nitrogens with one attached hydrogen (secondary N) is 1. The van der Waals surface area contributed by atoms with Crippen LogP contribution < -0.4 is 5.32 Å². The van der Waals surface area contributed by atoms with Crippen molar-refractivity contribution < 1.29 is 9.90 Å². The van der Waals surface area contributed by atoms with Crippen molar-refractivity contribution in [3.8, 4) is 6.07 Å². The first-order valence-electron chi connectivity index (χ1n) is 13.5. The summed E-state index contributed by atoms with van der Waals surface area (Å²) < 4.78 is 0. The number of benzene rings is 2. The lowest BCUT2D eigenvalue weighted by molar-refractivity contribution is -0.122. The molecule has 35 heavy (non-hydrogen) atoms. The van der Waals surface area contributed by atoms with Gasteiger partial charge in [-0.05, 0) is 98.9 Å². The maximum absolute atomic E-state index is 13.5. The number of nitrogens with zero attached hydrogens (tertiary/aromatic N) is 1. The van der Waals surface area contributed by atoms with Gasteiger partial charge in [-0.2, -0.15) is 5.26 Å². The van der Waals surface area contributed by atoms with Crippen molar-refractivity contribution >= 4 is 11.6 Å². The van der Waals surface area contributed by atoms with Crippen LogP contribution in [0.5, 0.6) is 0 Å². The van der Waals surface area contributed by atoms with Crippen LogP contribution in [0.15, 0.2) is 48.5 Å². The third kappa shape index (κ3) is 6.14. The van der Waals surface area contributed by atoms with Crippen LogP contribution in [0.3, 0.4) is 0 Å². The molecule has 2 aromatic rings. The average molecular weight is 473 g/mol. The predicted octanol–water partition coefficient (Wildman–Crippen LogP) is 6.90. The molecule has 2 aliphatic carbocycles. The number of rotatable bonds is 11. The number of aliphatic hydroxyl groups is 1. The molecule has 0 aliphatic heterocycles. The average Bonchev–Trinajstić information content (AvgIpc) is 3.62. The Kier molecular flexibility index (Phi) is 8.29. The van der Waals surface area contributed by atoms with Gasteiger partial charge in [0.25, 0.3) is 0 Å². The molecule has 5 unspecified atom stereocenters. The molecule has 0 aromatic heterocycles. The summed E-state index contributed by atoms with van der Waals surface area (Å²) in [6, 6.07) is 18.5. The Bertz CT molecular complexity index is 1040. The first-order valence-corrected chi connectivity index (χ1v) is 13.5. The normalized spacial score (nSPS) is 24.6. The summed E-state index contributed by atoms with van der Waals surface area (Å²) in [5.74, 6) is 1.20. The van der Waals surface area contributed by atoms with E-state index in [-0.39, 0.29) is 23.3 Å². The van der Waals surface area contributed by atoms with Crippen LogP contribution in [0.1, 0.15) is 87.8 Å². The molecule has 5 atom stereocenters. The van der Waals surface area contributed by atoms with Crippen molar-refractivity contribution in [3.63, 3.8) is 0 Å². The van der Waals surface area contributed by atoms with Crippen molar-refractivity contribution in [2.24, 2.45) is 17.8 Å². The van der Waals surface area contributed by atoms with Crippen LogP contribution in [-0.4, -0.2) is 17.1 Å². The fourth-order valence-corrected chi connectivity index (χ4v) is 6.26. The highest BCUT2D eigenvalue weighted by molar-refractivity contribution is 5.92. The molecule has 2 aromatic carbocycles. The van der Waals surface area contributed by atoms with Gasteiger partial charge in [-0.25, -0.2) is 0 Å². The number of hydrogen-bond donors (Lipinski definition) is 2. The van der Waals surface area contributed by atoms with E-state index in [0.29, 0.717) is 11.8 Å². The van der Waals surface area contributed by atoms with Crippen LogP contribution in [0.25, 0.3) is 0 Å². The summed E-state index contributed by atoms with van der Waals surface area (Å²) in [6.45, 7) is 4.08.